The molecule has 0 fully saturated rings. The van der Waals surface area contributed by atoms with Gasteiger partial charge in [0.1, 0.15) is 0 Å². The lowest BCUT2D eigenvalue weighted by molar-refractivity contribution is -0.0283. The SMILES string of the molecule is CCNC(Cc1ccc(C(C)(C)C)cc1)C(C)(CC)OC. The van der Waals surface area contributed by atoms with Crippen molar-refractivity contribution in [1.82, 2.24) is 5.32 Å². The van der Waals surface area contributed by atoms with Crippen LogP contribution in [0.2, 0.25) is 0 Å². The van der Waals surface area contributed by atoms with E-state index in [1.54, 1.807) is 0 Å². The summed E-state index contributed by atoms with van der Waals surface area (Å²) in [5.74, 6) is 0. The van der Waals surface area contributed by atoms with Crippen LogP contribution < -0.4 is 5.32 Å². The van der Waals surface area contributed by atoms with Crippen molar-refractivity contribution in [2.24, 2.45) is 0 Å². The lowest BCUT2D eigenvalue weighted by Crippen LogP contribution is -2.51. The van der Waals surface area contributed by atoms with Gasteiger partial charge in [-0.05, 0) is 42.9 Å². The van der Waals surface area contributed by atoms with Crippen LogP contribution in [0, 0.1) is 0 Å². The van der Waals surface area contributed by atoms with E-state index in [9.17, 15) is 0 Å². The smallest absolute Gasteiger partial charge is 0.0803 e. The summed E-state index contributed by atoms with van der Waals surface area (Å²) in [6.45, 7) is 14.3. The molecule has 0 amide bonds. The van der Waals surface area contributed by atoms with Gasteiger partial charge in [-0.15, -0.1) is 0 Å². The van der Waals surface area contributed by atoms with Crippen LogP contribution in [0.1, 0.15) is 59.1 Å². The summed E-state index contributed by atoms with van der Waals surface area (Å²) in [4.78, 5) is 0. The van der Waals surface area contributed by atoms with Crippen molar-refractivity contribution >= 4 is 0 Å². The van der Waals surface area contributed by atoms with Crippen LogP contribution in [0.4, 0.5) is 0 Å². The Bertz CT molecular complexity index is 412. The second-order valence-electron chi connectivity index (χ2n) is 7.13. The molecular weight excluding hydrogens is 258 g/mol. The first-order chi connectivity index (χ1) is 9.76. The van der Waals surface area contributed by atoms with Crippen LogP contribution >= 0.6 is 0 Å². The van der Waals surface area contributed by atoms with Gasteiger partial charge >= 0.3 is 0 Å². The number of likely N-dealkylation sites (N-methyl/N-ethyl adjacent to an activating group) is 1. The minimum Gasteiger partial charge on any atom is -0.377 e. The third-order valence-corrected chi connectivity index (χ3v) is 4.62. The first-order valence-corrected chi connectivity index (χ1v) is 8.14. The van der Waals surface area contributed by atoms with Gasteiger partial charge in [0.15, 0.2) is 0 Å². The number of hydrogen-bond acceptors (Lipinski definition) is 2. The molecule has 2 atom stereocenters. The highest BCUT2D eigenvalue weighted by atomic mass is 16.5. The summed E-state index contributed by atoms with van der Waals surface area (Å²) in [5.41, 5.74) is 2.84. The minimum atomic E-state index is -0.126. The summed E-state index contributed by atoms with van der Waals surface area (Å²) in [7, 11) is 1.82. The van der Waals surface area contributed by atoms with Crippen LogP contribution in [0.5, 0.6) is 0 Å². The van der Waals surface area contributed by atoms with E-state index in [1.807, 2.05) is 7.11 Å². The molecule has 120 valence electrons. The van der Waals surface area contributed by atoms with Gasteiger partial charge in [-0.25, -0.2) is 0 Å². The Morgan fingerprint density at radius 1 is 1.05 bits per heavy atom. The van der Waals surface area contributed by atoms with E-state index in [1.165, 1.54) is 11.1 Å². The summed E-state index contributed by atoms with van der Waals surface area (Å²) in [5, 5.41) is 3.59. The van der Waals surface area contributed by atoms with Gasteiger partial charge in [0.05, 0.1) is 5.60 Å². The third-order valence-electron chi connectivity index (χ3n) is 4.62. The minimum absolute atomic E-state index is 0.126. The fourth-order valence-electron chi connectivity index (χ4n) is 2.66. The predicted molar refractivity (Wildman–Crippen MR) is 92.0 cm³/mol. The number of nitrogens with one attached hydrogen (secondary N) is 1. The molecule has 0 radical (unpaired) electrons. The molecule has 1 aromatic rings. The van der Waals surface area contributed by atoms with Crippen molar-refractivity contribution in [3.63, 3.8) is 0 Å². The lowest BCUT2D eigenvalue weighted by atomic mass is 9.84. The molecule has 2 heteroatoms. The summed E-state index contributed by atoms with van der Waals surface area (Å²) >= 11 is 0. The zero-order valence-electron chi connectivity index (χ0n) is 14.9. The maximum Gasteiger partial charge on any atom is 0.0803 e. The molecule has 0 aliphatic carbocycles. The highest BCUT2D eigenvalue weighted by molar-refractivity contribution is 5.28. The Balaban J connectivity index is 2.89. The van der Waals surface area contributed by atoms with Crippen LogP contribution in [0.3, 0.4) is 0 Å². The molecule has 2 unspecified atom stereocenters. The van der Waals surface area contributed by atoms with Crippen molar-refractivity contribution in [3.05, 3.63) is 35.4 Å². The molecule has 0 aliphatic heterocycles. The fraction of sp³-hybridized carbons (Fsp3) is 0.684. The van der Waals surface area contributed by atoms with Gasteiger partial charge in [0, 0.05) is 13.2 Å². The maximum absolute atomic E-state index is 5.79. The Labute approximate surface area is 131 Å². The van der Waals surface area contributed by atoms with E-state index in [2.05, 4.69) is 71.1 Å². The molecule has 1 N–H and O–H groups in total. The van der Waals surface area contributed by atoms with Crippen molar-refractivity contribution < 1.29 is 4.74 Å². The Morgan fingerprint density at radius 3 is 2.00 bits per heavy atom. The van der Waals surface area contributed by atoms with Gasteiger partial charge in [-0.2, -0.15) is 0 Å². The predicted octanol–water partition coefficient (Wildman–Crippen LogP) is 4.32. The fourth-order valence-corrected chi connectivity index (χ4v) is 2.66. The number of methoxy groups -OCH3 is 1. The molecule has 0 saturated carbocycles. The first-order valence-electron chi connectivity index (χ1n) is 8.14. The number of ether oxygens (including phenoxy) is 1. The quantitative estimate of drug-likeness (QED) is 0.808. The second kappa shape index (κ2) is 7.42. The van der Waals surface area contributed by atoms with E-state index in [-0.39, 0.29) is 11.0 Å². The molecule has 0 aromatic heterocycles. The molecule has 0 heterocycles. The van der Waals surface area contributed by atoms with Gasteiger partial charge in [-0.3, -0.25) is 0 Å². The van der Waals surface area contributed by atoms with E-state index in [0.29, 0.717) is 6.04 Å². The normalized spacial score (nSPS) is 16.5. The number of rotatable bonds is 7. The Kier molecular flexibility index (Phi) is 6.42. The third kappa shape index (κ3) is 4.82. The lowest BCUT2D eigenvalue weighted by Gasteiger charge is -2.36. The zero-order chi connectivity index (χ0) is 16.1. The summed E-state index contributed by atoms with van der Waals surface area (Å²) in [6.07, 6.45) is 2.00. The molecule has 0 aliphatic rings. The Morgan fingerprint density at radius 2 is 1.62 bits per heavy atom. The van der Waals surface area contributed by atoms with E-state index in [0.717, 1.165) is 19.4 Å². The van der Waals surface area contributed by atoms with Crippen LogP contribution in [-0.2, 0) is 16.6 Å². The topological polar surface area (TPSA) is 21.3 Å². The van der Waals surface area contributed by atoms with Crippen LogP contribution in [0.25, 0.3) is 0 Å². The number of benzene rings is 1. The van der Waals surface area contributed by atoms with Crippen molar-refractivity contribution in [2.45, 2.75) is 71.4 Å². The van der Waals surface area contributed by atoms with Crippen molar-refractivity contribution in [2.75, 3.05) is 13.7 Å². The van der Waals surface area contributed by atoms with E-state index in [4.69, 9.17) is 4.74 Å². The standard InChI is InChI=1S/C19H33NO/c1-8-19(6,21-7)17(20-9-2)14-15-10-12-16(13-11-15)18(3,4)5/h10-13,17,20H,8-9,14H2,1-7H3. The van der Waals surface area contributed by atoms with Gasteiger partial charge < -0.3 is 10.1 Å². The second-order valence-corrected chi connectivity index (χ2v) is 7.13. The molecule has 21 heavy (non-hydrogen) atoms. The monoisotopic (exact) mass is 291 g/mol. The van der Waals surface area contributed by atoms with Gasteiger partial charge in [0.2, 0.25) is 0 Å². The molecular formula is C19H33NO. The molecule has 0 spiro atoms. The van der Waals surface area contributed by atoms with Crippen LogP contribution in [0.15, 0.2) is 24.3 Å². The van der Waals surface area contributed by atoms with Crippen molar-refractivity contribution in [3.8, 4) is 0 Å². The summed E-state index contributed by atoms with van der Waals surface area (Å²) in [6, 6.07) is 9.37. The molecule has 0 saturated heterocycles. The number of hydrogen-bond donors (Lipinski definition) is 1. The highest BCUT2D eigenvalue weighted by Gasteiger charge is 2.32. The zero-order valence-corrected chi connectivity index (χ0v) is 14.9. The molecule has 1 aromatic carbocycles. The summed E-state index contributed by atoms with van der Waals surface area (Å²) < 4.78 is 5.79. The van der Waals surface area contributed by atoms with E-state index < -0.39 is 0 Å². The highest BCUT2D eigenvalue weighted by Crippen LogP contribution is 2.25. The average Bonchev–Trinajstić information content (AvgIpc) is 2.45. The van der Waals surface area contributed by atoms with E-state index >= 15 is 0 Å². The molecule has 1 rings (SSSR count). The van der Waals surface area contributed by atoms with Gasteiger partial charge in [-0.1, -0.05) is 58.9 Å². The first kappa shape index (κ1) is 18.2. The van der Waals surface area contributed by atoms with Gasteiger partial charge in [0.25, 0.3) is 0 Å². The Hall–Kier alpha value is -0.860. The average molecular weight is 291 g/mol. The largest absolute Gasteiger partial charge is 0.377 e. The van der Waals surface area contributed by atoms with Crippen LogP contribution in [-0.4, -0.2) is 25.3 Å². The molecule has 2 nitrogen and oxygen atoms in total. The van der Waals surface area contributed by atoms with Crippen molar-refractivity contribution in [1.29, 1.82) is 0 Å². The molecule has 0 bridgehead atoms. The maximum atomic E-state index is 5.79.